The van der Waals surface area contributed by atoms with Gasteiger partial charge in [0.25, 0.3) is 10.2 Å². The highest BCUT2D eigenvalue weighted by molar-refractivity contribution is 7.90. The molecule has 0 saturated carbocycles. The molecule has 0 unspecified atom stereocenters. The molecule has 0 fully saturated rings. The Hall–Kier alpha value is -1.15. The van der Waals surface area contributed by atoms with Gasteiger partial charge in [0.05, 0.1) is 6.61 Å². The molecule has 0 atom stereocenters. The van der Waals surface area contributed by atoms with Crippen LogP contribution in [0.2, 0.25) is 0 Å². The topological polar surface area (TPSA) is 87.7 Å². The molecule has 102 valence electrons. The monoisotopic (exact) mass is 274 g/mol. The Morgan fingerprint density at radius 1 is 1.28 bits per heavy atom. The van der Waals surface area contributed by atoms with E-state index in [0.29, 0.717) is 18.7 Å². The van der Waals surface area contributed by atoms with E-state index in [1.165, 1.54) is 7.11 Å². The minimum Gasteiger partial charge on any atom is -0.396 e. The number of hydrogen-bond donors (Lipinski definition) is 3. The van der Waals surface area contributed by atoms with Crippen molar-refractivity contribution >= 4 is 15.9 Å². The highest BCUT2D eigenvalue weighted by Gasteiger charge is 2.08. The predicted octanol–water partition coefficient (Wildman–Crippen LogP) is 0.114. The summed E-state index contributed by atoms with van der Waals surface area (Å²) in [5.41, 5.74) is 1.43. The second kappa shape index (κ2) is 7.32. The van der Waals surface area contributed by atoms with Crippen molar-refractivity contribution in [2.45, 2.75) is 6.42 Å². The summed E-state index contributed by atoms with van der Waals surface area (Å²) >= 11 is 0. The highest BCUT2D eigenvalue weighted by atomic mass is 32.2. The smallest absolute Gasteiger partial charge is 0.299 e. The zero-order valence-electron chi connectivity index (χ0n) is 10.2. The van der Waals surface area contributed by atoms with Crippen LogP contribution in [0.15, 0.2) is 24.3 Å². The maximum atomic E-state index is 11.6. The molecular weight excluding hydrogens is 256 g/mol. The van der Waals surface area contributed by atoms with Crippen LogP contribution < -0.4 is 9.44 Å². The minimum atomic E-state index is -3.56. The lowest BCUT2D eigenvalue weighted by atomic mass is 10.1. The van der Waals surface area contributed by atoms with E-state index in [1.54, 1.807) is 24.3 Å². The Morgan fingerprint density at radius 3 is 2.50 bits per heavy atom. The van der Waals surface area contributed by atoms with E-state index in [-0.39, 0.29) is 13.2 Å². The number of aliphatic hydroxyl groups excluding tert-OH is 1. The molecule has 0 aliphatic heterocycles. The SMILES string of the molecule is COCCNS(=O)(=O)Nc1ccc(CCO)cc1. The number of methoxy groups -OCH3 is 1. The maximum Gasteiger partial charge on any atom is 0.299 e. The predicted molar refractivity (Wildman–Crippen MR) is 69.7 cm³/mol. The van der Waals surface area contributed by atoms with Crippen molar-refractivity contribution in [3.05, 3.63) is 29.8 Å². The summed E-state index contributed by atoms with van der Waals surface area (Å²) in [4.78, 5) is 0. The molecule has 0 spiro atoms. The normalized spacial score (nSPS) is 11.4. The summed E-state index contributed by atoms with van der Waals surface area (Å²) in [6.07, 6.45) is 0.555. The lowest BCUT2D eigenvalue weighted by molar-refractivity contribution is 0.204. The van der Waals surface area contributed by atoms with Gasteiger partial charge in [-0.25, -0.2) is 0 Å². The lowest BCUT2D eigenvalue weighted by Crippen LogP contribution is -2.32. The van der Waals surface area contributed by atoms with Gasteiger partial charge in [0.1, 0.15) is 0 Å². The molecule has 7 heteroatoms. The van der Waals surface area contributed by atoms with Gasteiger partial charge < -0.3 is 9.84 Å². The van der Waals surface area contributed by atoms with Crippen LogP contribution in [0.5, 0.6) is 0 Å². The standard InChI is InChI=1S/C11H18N2O4S/c1-17-9-7-12-18(15,16)13-11-4-2-10(3-5-11)6-8-14/h2-5,12-14H,6-9H2,1H3. The van der Waals surface area contributed by atoms with Gasteiger partial charge in [0, 0.05) is 25.9 Å². The average molecular weight is 274 g/mol. The Balaban J connectivity index is 2.55. The molecular formula is C11H18N2O4S. The highest BCUT2D eigenvalue weighted by Crippen LogP contribution is 2.10. The molecule has 6 nitrogen and oxygen atoms in total. The number of ether oxygens (including phenoxy) is 1. The summed E-state index contributed by atoms with van der Waals surface area (Å²) in [5.74, 6) is 0. The average Bonchev–Trinajstić information content (AvgIpc) is 2.32. The summed E-state index contributed by atoms with van der Waals surface area (Å²) < 4.78 is 32.6. The van der Waals surface area contributed by atoms with E-state index >= 15 is 0 Å². The van der Waals surface area contributed by atoms with Crippen molar-refractivity contribution in [2.75, 3.05) is 31.6 Å². The number of nitrogens with one attached hydrogen (secondary N) is 2. The molecule has 0 heterocycles. The van der Waals surface area contributed by atoms with Gasteiger partial charge >= 0.3 is 0 Å². The number of aliphatic hydroxyl groups is 1. The molecule has 18 heavy (non-hydrogen) atoms. The third-order valence-electron chi connectivity index (χ3n) is 2.20. The Kier molecular flexibility index (Phi) is 6.06. The van der Waals surface area contributed by atoms with E-state index in [0.717, 1.165) is 5.56 Å². The molecule has 0 radical (unpaired) electrons. The summed E-state index contributed by atoms with van der Waals surface area (Å²) in [5, 5.41) is 8.76. The molecule has 3 N–H and O–H groups in total. The van der Waals surface area contributed by atoms with Crippen molar-refractivity contribution in [1.82, 2.24) is 4.72 Å². The molecule has 0 aliphatic carbocycles. The number of benzene rings is 1. The molecule has 1 aromatic rings. The Bertz CT molecular complexity index is 445. The van der Waals surface area contributed by atoms with E-state index in [2.05, 4.69) is 9.44 Å². The third-order valence-corrected chi connectivity index (χ3v) is 3.29. The fourth-order valence-corrected chi connectivity index (χ4v) is 2.21. The number of rotatable bonds is 8. The first kappa shape index (κ1) is 14.9. The lowest BCUT2D eigenvalue weighted by Gasteiger charge is -2.09. The molecule has 1 rings (SSSR count). The van der Waals surface area contributed by atoms with E-state index in [4.69, 9.17) is 9.84 Å². The fourth-order valence-electron chi connectivity index (χ4n) is 1.34. The van der Waals surface area contributed by atoms with Gasteiger partial charge in [-0.05, 0) is 24.1 Å². The molecule has 0 bridgehead atoms. The zero-order chi connectivity index (χ0) is 13.4. The maximum absolute atomic E-state index is 11.6. The Labute approximate surface area is 107 Å². The summed E-state index contributed by atoms with van der Waals surface area (Å²) in [7, 11) is -2.06. The van der Waals surface area contributed by atoms with Gasteiger partial charge in [-0.15, -0.1) is 0 Å². The molecule has 0 aliphatic rings. The molecule has 0 saturated heterocycles. The van der Waals surface area contributed by atoms with Gasteiger partial charge in [-0.1, -0.05) is 12.1 Å². The fraction of sp³-hybridized carbons (Fsp3) is 0.455. The third kappa shape index (κ3) is 5.46. The Morgan fingerprint density at radius 2 is 1.94 bits per heavy atom. The quantitative estimate of drug-likeness (QED) is 0.587. The van der Waals surface area contributed by atoms with Crippen molar-refractivity contribution < 1.29 is 18.3 Å². The van der Waals surface area contributed by atoms with Crippen LogP contribution >= 0.6 is 0 Å². The second-order valence-corrected chi connectivity index (χ2v) is 5.16. The van der Waals surface area contributed by atoms with Crippen LogP contribution in [-0.2, 0) is 21.4 Å². The minimum absolute atomic E-state index is 0.0731. The number of hydrogen-bond acceptors (Lipinski definition) is 4. The van der Waals surface area contributed by atoms with Crippen LogP contribution in [0, 0.1) is 0 Å². The van der Waals surface area contributed by atoms with Crippen molar-refractivity contribution in [3.8, 4) is 0 Å². The summed E-state index contributed by atoms with van der Waals surface area (Å²) in [6, 6.07) is 6.84. The summed E-state index contributed by atoms with van der Waals surface area (Å²) in [6.45, 7) is 0.606. The van der Waals surface area contributed by atoms with Gasteiger partial charge in [-0.3, -0.25) is 4.72 Å². The zero-order valence-corrected chi connectivity index (χ0v) is 11.0. The van der Waals surface area contributed by atoms with E-state index in [1.807, 2.05) is 0 Å². The van der Waals surface area contributed by atoms with Crippen LogP contribution in [0.1, 0.15) is 5.56 Å². The van der Waals surface area contributed by atoms with Gasteiger partial charge in [-0.2, -0.15) is 13.1 Å². The second-order valence-electron chi connectivity index (χ2n) is 3.66. The first-order valence-corrected chi connectivity index (χ1v) is 7.02. The number of anilines is 1. The van der Waals surface area contributed by atoms with Gasteiger partial charge in [0.15, 0.2) is 0 Å². The van der Waals surface area contributed by atoms with Crippen LogP contribution in [0.3, 0.4) is 0 Å². The van der Waals surface area contributed by atoms with Crippen LogP contribution in [-0.4, -0.2) is 40.4 Å². The van der Waals surface area contributed by atoms with Gasteiger partial charge in [0.2, 0.25) is 0 Å². The molecule has 1 aromatic carbocycles. The molecule has 0 amide bonds. The van der Waals surface area contributed by atoms with Crippen LogP contribution in [0.25, 0.3) is 0 Å². The van der Waals surface area contributed by atoms with E-state index in [9.17, 15) is 8.42 Å². The van der Waals surface area contributed by atoms with Crippen molar-refractivity contribution in [3.63, 3.8) is 0 Å². The first-order chi connectivity index (χ1) is 8.57. The van der Waals surface area contributed by atoms with Crippen molar-refractivity contribution in [1.29, 1.82) is 0 Å². The first-order valence-electron chi connectivity index (χ1n) is 5.53. The molecule has 0 aromatic heterocycles. The largest absolute Gasteiger partial charge is 0.396 e. The van der Waals surface area contributed by atoms with Crippen molar-refractivity contribution in [2.24, 2.45) is 0 Å². The van der Waals surface area contributed by atoms with E-state index < -0.39 is 10.2 Å². The van der Waals surface area contributed by atoms with Crippen LogP contribution in [0.4, 0.5) is 5.69 Å².